The van der Waals surface area contributed by atoms with E-state index >= 15 is 0 Å². The number of aliphatic carboxylic acids is 1. The molecule has 26 heavy (non-hydrogen) atoms. The normalized spacial score (nSPS) is 15.4. The van der Waals surface area contributed by atoms with Crippen molar-refractivity contribution in [2.45, 2.75) is 37.6 Å². The maximum atomic E-state index is 12.6. The zero-order valence-electron chi connectivity index (χ0n) is 14.2. The fraction of sp³-hybridized carbons (Fsp3) is 0.316. The largest absolute Gasteiger partial charge is 0.481 e. The molecule has 1 heterocycles. The first kappa shape index (κ1) is 18.1. The molecule has 136 valence electrons. The summed E-state index contributed by atoms with van der Waals surface area (Å²) in [6.07, 6.45) is 3.07. The van der Waals surface area contributed by atoms with Gasteiger partial charge in [0.15, 0.2) is 0 Å². The Morgan fingerprint density at radius 1 is 1.08 bits per heavy atom. The first-order chi connectivity index (χ1) is 12.5. The van der Waals surface area contributed by atoms with E-state index in [1.807, 2.05) is 5.38 Å². The van der Waals surface area contributed by atoms with Crippen molar-refractivity contribution in [2.24, 2.45) is 0 Å². The van der Waals surface area contributed by atoms with Crippen LogP contribution in [-0.4, -0.2) is 28.4 Å². The SMILES string of the molecule is O=C(O)CC1(NC(=O)c2cccc(NC(=O)c3cccs3)c2)CCCC1. The van der Waals surface area contributed by atoms with E-state index in [1.165, 1.54) is 11.3 Å². The molecule has 1 fully saturated rings. The van der Waals surface area contributed by atoms with Crippen LogP contribution in [0.3, 0.4) is 0 Å². The Bertz CT molecular complexity index is 811. The number of benzene rings is 1. The molecule has 0 unspecified atom stereocenters. The van der Waals surface area contributed by atoms with Gasteiger partial charge in [-0.15, -0.1) is 11.3 Å². The Balaban J connectivity index is 1.71. The van der Waals surface area contributed by atoms with Crippen molar-refractivity contribution in [1.29, 1.82) is 0 Å². The minimum atomic E-state index is -0.913. The molecule has 0 atom stereocenters. The summed E-state index contributed by atoms with van der Waals surface area (Å²) in [5, 5.41) is 16.7. The summed E-state index contributed by atoms with van der Waals surface area (Å²) in [5.74, 6) is -1.46. The standard InChI is InChI=1S/C19H20N2O4S/c22-16(23)12-19(8-1-2-9-19)21-17(24)13-5-3-6-14(11-13)20-18(25)15-7-4-10-26-15/h3-7,10-11H,1-2,8-9,12H2,(H,20,25)(H,21,24)(H,22,23). The van der Waals surface area contributed by atoms with Gasteiger partial charge in [-0.3, -0.25) is 14.4 Å². The second kappa shape index (κ2) is 7.70. The van der Waals surface area contributed by atoms with Gasteiger partial charge in [-0.25, -0.2) is 0 Å². The Labute approximate surface area is 155 Å². The number of rotatable bonds is 6. The van der Waals surface area contributed by atoms with Crippen LogP contribution in [0.25, 0.3) is 0 Å². The Kier molecular flexibility index (Phi) is 5.37. The maximum absolute atomic E-state index is 12.6. The topological polar surface area (TPSA) is 95.5 Å². The Morgan fingerprint density at radius 3 is 2.50 bits per heavy atom. The van der Waals surface area contributed by atoms with E-state index < -0.39 is 11.5 Å². The summed E-state index contributed by atoms with van der Waals surface area (Å²) in [5.41, 5.74) is 0.236. The molecule has 1 saturated carbocycles. The molecule has 3 rings (SSSR count). The number of anilines is 1. The number of carboxylic acids is 1. The van der Waals surface area contributed by atoms with Gasteiger partial charge in [-0.05, 0) is 42.5 Å². The fourth-order valence-corrected chi connectivity index (χ4v) is 3.96. The van der Waals surface area contributed by atoms with Crippen molar-refractivity contribution in [3.05, 3.63) is 52.2 Å². The molecular formula is C19H20N2O4S. The summed E-state index contributed by atoms with van der Waals surface area (Å²) in [6, 6.07) is 10.2. The Morgan fingerprint density at radius 2 is 1.85 bits per heavy atom. The summed E-state index contributed by atoms with van der Waals surface area (Å²) in [4.78, 5) is 36.5. The summed E-state index contributed by atoms with van der Waals surface area (Å²) in [7, 11) is 0. The highest BCUT2D eigenvalue weighted by Gasteiger charge is 2.37. The summed E-state index contributed by atoms with van der Waals surface area (Å²) in [6.45, 7) is 0. The highest BCUT2D eigenvalue weighted by molar-refractivity contribution is 7.12. The van der Waals surface area contributed by atoms with Crippen LogP contribution < -0.4 is 10.6 Å². The van der Waals surface area contributed by atoms with Crippen molar-refractivity contribution in [3.63, 3.8) is 0 Å². The van der Waals surface area contributed by atoms with Gasteiger partial charge in [0, 0.05) is 11.3 Å². The van der Waals surface area contributed by atoms with Gasteiger partial charge in [0.2, 0.25) is 0 Å². The molecule has 7 heteroatoms. The molecule has 1 aliphatic rings. The molecule has 0 saturated heterocycles. The van der Waals surface area contributed by atoms with Crippen molar-refractivity contribution in [3.8, 4) is 0 Å². The van der Waals surface area contributed by atoms with Crippen LogP contribution in [0.1, 0.15) is 52.1 Å². The van der Waals surface area contributed by atoms with E-state index in [0.717, 1.165) is 12.8 Å². The van der Waals surface area contributed by atoms with E-state index in [4.69, 9.17) is 5.11 Å². The van der Waals surface area contributed by atoms with Gasteiger partial charge < -0.3 is 15.7 Å². The molecule has 6 nitrogen and oxygen atoms in total. The van der Waals surface area contributed by atoms with E-state index in [2.05, 4.69) is 10.6 Å². The number of thiophene rings is 1. The molecule has 0 bridgehead atoms. The van der Waals surface area contributed by atoms with Gasteiger partial charge in [-0.2, -0.15) is 0 Å². The molecule has 0 spiro atoms. The quantitative estimate of drug-likeness (QED) is 0.723. The molecule has 0 radical (unpaired) electrons. The predicted molar refractivity (Wildman–Crippen MR) is 99.6 cm³/mol. The number of hydrogen-bond donors (Lipinski definition) is 3. The molecule has 3 N–H and O–H groups in total. The maximum Gasteiger partial charge on any atom is 0.305 e. The third kappa shape index (κ3) is 4.29. The average Bonchev–Trinajstić information content (AvgIpc) is 3.26. The van der Waals surface area contributed by atoms with Crippen molar-refractivity contribution in [2.75, 3.05) is 5.32 Å². The monoisotopic (exact) mass is 372 g/mol. The highest BCUT2D eigenvalue weighted by atomic mass is 32.1. The number of nitrogens with one attached hydrogen (secondary N) is 2. The lowest BCUT2D eigenvalue weighted by atomic mass is 9.92. The lowest BCUT2D eigenvalue weighted by Gasteiger charge is -2.28. The first-order valence-corrected chi connectivity index (χ1v) is 9.35. The minimum Gasteiger partial charge on any atom is -0.481 e. The highest BCUT2D eigenvalue weighted by Crippen LogP contribution is 2.33. The van der Waals surface area contributed by atoms with E-state index in [9.17, 15) is 14.4 Å². The number of hydrogen-bond acceptors (Lipinski definition) is 4. The second-order valence-electron chi connectivity index (χ2n) is 6.52. The van der Waals surface area contributed by atoms with E-state index in [0.29, 0.717) is 29.0 Å². The van der Waals surface area contributed by atoms with E-state index in [-0.39, 0.29) is 18.2 Å². The molecule has 2 amide bonds. The molecule has 1 aliphatic carbocycles. The molecule has 2 aromatic rings. The van der Waals surface area contributed by atoms with Gasteiger partial charge >= 0.3 is 5.97 Å². The first-order valence-electron chi connectivity index (χ1n) is 8.47. The lowest BCUT2D eigenvalue weighted by Crippen LogP contribution is -2.47. The van der Waals surface area contributed by atoms with Crippen LogP contribution in [0.15, 0.2) is 41.8 Å². The molecule has 0 aliphatic heterocycles. The van der Waals surface area contributed by atoms with Gasteiger partial charge in [-0.1, -0.05) is 25.0 Å². The van der Waals surface area contributed by atoms with Crippen LogP contribution in [0.2, 0.25) is 0 Å². The van der Waals surface area contributed by atoms with Crippen LogP contribution in [0.4, 0.5) is 5.69 Å². The van der Waals surface area contributed by atoms with Gasteiger partial charge in [0.1, 0.15) is 0 Å². The third-order valence-corrected chi connectivity index (χ3v) is 5.43. The smallest absolute Gasteiger partial charge is 0.305 e. The molecular weight excluding hydrogens is 352 g/mol. The molecule has 1 aromatic carbocycles. The van der Waals surface area contributed by atoms with E-state index in [1.54, 1.807) is 36.4 Å². The van der Waals surface area contributed by atoms with Gasteiger partial charge in [0.05, 0.1) is 16.8 Å². The minimum absolute atomic E-state index is 0.0758. The van der Waals surface area contributed by atoms with Crippen molar-refractivity contribution >= 4 is 34.8 Å². The van der Waals surface area contributed by atoms with Crippen LogP contribution >= 0.6 is 11.3 Å². The Hall–Kier alpha value is -2.67. The number of amides is 2. The van der Waals surface area contributed by atoms with Gasteiger partial charge in [0.25, 0.3) is 11.8 Å². The number of carbonyl (C=O) groups excluding carboxylic acids is 2. The molecule has 1 aromatic heterocycles. The van der Waals surface area contributed by atoms with Crippen molar-refractivity contribution < 1.29 is 19.5 Å². The average molecular weight is 372 g/mol. The second-order valence-corrected chi connectivity index (χ2v) is 7.47. The summed E-state index contributed by atoms with van der Waals surface area (Å²) >= 11 is 1.34. The van der Waals surface area contributed by atoms with Crippen LogP contribution in [0.5, 0.6) is 0 Å². The van der Waals surface area contributed by atoms with Crippen LogP contribution in [-0.2, 0) is 4.79 Å². The lowest BCUT2D eigenvalue weighted by molar-refractivity contribution is -0.138. The predicted octanol–water partition coefficient (Wildman–Crippen LogP) is 3.52. The fourth-order valence-electron chi connectivity index (χ4n) is 3.34. The van der Waals surface area contributed by atoms with Crippen LogP contribution in [0, 0.1) is 0 Å². The van der Waals surface area contributed by atoms with Crippen molar-refractivity contribution in [1.82, 2.24) is 5.32 Å². The third-order valence-electron chi connectivity index (χ3n) is 4.56. The summed E-state index contributed by atoms with van der Waals surface area (Å²) < 4.78 is 0. The number of carboxylic acid groups (broad SMARTS) is 1. The number of carbonyl (C=O) groups is 3. The zero-order chi connectivity index (χ0) is 18.6. The zero-order valence-corrected chi connectivity index (χ0v) is 15.0.